The summed E-state index contributed by atoms with van der Waals surface area (Å²) in [5, 5.41) is 0. The molecule has 0 amide bonds. The minimum atomic E-state index is 1.07. The van der Waals surface area contributed by atoms with Crippen LogP contribution in [-0.2, 0) is 6.42 Å². The molecule has 0 nitrogen and oxygen atoms in total. The first kappa shape index (κ1) is 8.06. The summed E-state index contributed by atoms with van der Waals surface area (Å²) in [6.07, 6.45) is 4.15. The molecule has 0 aliphatic heterocycles. The van der Waals surface area contributed by atoms with Crippen LogP contribution in [0.3, 0.4) is 0 Å². The standard InChI is InChI=1S/C11H14/c1-3-4-7-11-8-5-6-10(2)9-11/h3,5-6,8-9H,1,4,7H2,2H3. The molecule has 1 rings (SSSR count). The summed E-state index contributed by atoms with van der Waals surface area (Å²) < 4.78 is 0. The van der Waals surface area contributed by atoms with E-state index in [1.165, 1.54) is 11.1 Å². The monoisotopic (exact) mass is 146 g/mol. The maximum absolute atomic E-state index is 3.70. The Labute approximate surface area is 68.6 Å². The van der Waals surface area contributed by atoms with Crippen LogP contribution < -0.4 is 0 Å². The lowest BCUT2D eigenvalue weighted by Crippen LogP contribution is -1.83. The molecule has 0 fully saturated rings. The summed E-state index contributed by atoms with van der Waals surface area (Å²) in [7, 11) is 0. The molecule has 0 aliphatic carbocycles. The van der Waals surface area contributed by atoms with Crippen molar-refractivity contribution in [3.63, 3.8) is 0 Å². The zero-order chi connectivity index (χ0) is 8.10. The molecule has 1 aromatic rings. The lowest BCUT2D eigenvalue weighted by Gasteiger charge is -1.98. The Morgan fingerprint density at radius 1 is 1.45 bits per heavy atom. The van der Waals surface area contributed by atoms with Crippen LogP contribution >= 0.6 is 0 Å². The van der Waals surface area contributed by atoms with Crippen LogP contribution in [0.25, 0.3) is 0 Å². The molecule has 11 heavy (non-hydrogen) atoms. The Balaban J connectivity index is 2.63. The predicted molar refractivity (Wildman–Crippen MR) is 49.7 cm³/mol. The van der Waals surface area contributed by atoms with E-state index < -0.39 is 0 Å². The highest BCUT2D eigenvalue weighted by Gasteiger charge is 1.89. The average Bonchev–Trinajstić information content (AvgIpc) is 2.01. The molecule has 0 unspecified atom stereocenters. The summed E-state index contributed by atoms with van der Waals surface area (Å²) in [5.41, 5.74) is 2.75. The van der Waals surface area contributed by atoms with Gasteiger partial charge in [-0.05, 0) is 25.3 Å². The van der Waals surface area contributed by atoms with E-state index in [-0.39, 0.29) is 0 Å². The number of benzene rings is 1. The van der Waals surface area contributed by atoms with Crippen LogP contribution in [0.5, 0.6) is 0 Å². The van der Waals surface area contributed by atoms with Gasteiger partial charge in [-0.15, -0.1) is 6.58 Å². The van der Waals surface area contributed by atoms with E-state index in [0.717, 1.165) is 12.8 Å². The van der Waals surface area contributed by atoms with Crippen molar-refractivity contribution < 1.29 is 0 Å². The Bertz CT molecular complexity index is 236. The Kier molecular flexibility index (Phi) is 2.91. The van der Waals surface area contributed by atoms with Crippen molar-refractivity contribution in [2.45, 2.75) is 19.8 Å². The van der Waals surface area contributed by atoms with Gasteiger partial charge in [0.25, 0.3) is 0 Å². The fraction of sp³-hybridized carbons (Fsp3) is 0.273. The summed E-state index contributed by atoms with van der Waals surface area (Å²) in [5.74, 6) is 0. The minimum absolute atomic E-state index is 1.07. The Morgan fingerprint density at radius 2 is 2.27 bits per heavy atom. The van der Waals surface area contributed by atoms with Crippen molar-refractivity contribution in [2.24, 2.45) is 0 Å². The van der Waals surface area contributed by atoms with Gasteiger partial charge in [0.1, 0.15) is 0 Å². The smallest absolute Gasteiger partial charge is 0.0244 e. The number of hydrogen-bond acceptors (Lipinski definition) is 0. The van der Waals surface area contributed by atoms with Crippen molar-refractivity contribution >= 4 is 0 Å². The maximum atomic E-state index is 3.70. The summed E-state index contributed by atoms with van der Waals surface area (Å²) in [4.78, 5) is 0. The predicted octanol–water partition coefficient (Wildman–Crippen LogP) is 3.11. The molecule has 0 saturated carbocycles. The minimum Gasteiger partial charge on any atom is -0.103 e. The van der Waals surface area contributed by atoms with Crippen molar-refractivity contribution in [3.8, 4) is 0 Å². The molecule has 0 saturated heterocycles. The van der Waals surface area contributed by atoms with E-state index in [4.69, 9.17) is 0 Å². The van der Waals surface area contributed by atoms with Gasteiger partial charge in [0, 0.05) is 0 Å². The quantitative estimate of drug-likeness (QED) is 0.575. The molecular weight excluding hydrogens is 132 g/mol. The Hall–Kier alpha value is -1.04. The van der Waals surface area contributed by atoms with Crippen LogP contribution in [0, 0.1) is 6.92 Å². The van der Waals surface area contributed by atoms with E-state index in [2.05, 4.69) is 37.8 Å². The summed E-state index contributed by atoms with van der Waals surface area (Å²) in [6, 6.07) is 8.62. The van der Waals surface area contributed by atoms with Gasteiger partial charge in [-0.2, -0.15) is 0 Å². The van der Waals surface area contributed by atoms with Gasteiger partial charge >= 0.3 is 0 Å². The third kappa shape index (κ3) is 2.58. The second-order valence-corrected chi connectivity index (χ2v) is 2.82. The second-order valence-electron chi connectivity index (χ2n) is 2.82. The maximum Gasteiger partial charge on any atom is -0.0244 e. The number of aryl methyl sites for hydroxylation is 2. The van der Waals surface area contributed by atoms with Gasteiger partial charge < -0.3 is 0 Å². The first-order valence-corrected chi connectivity index (χ1v) is 3.99. The third-order valence-electron chi connectivity index (χ3n) is 1.72. The SMILES string of the molecule is C=CCCc1cccc(C)c1. The van der Waals surface area contributed by atoms with Crippen molar-refractivity contribution in [3.05, 3.63) is 48.0 Å². The first-order valence-electron chi connectivity index (χ1n) is 3.99. The molecule has 1 aromatic carbocycles. The van der Waals surface area contributed by atoms with E-state index in [0.29, 0.717) is 0 Å². The molecule has 58 valence electrons. The van der Waals surface area contributed by atoms with E-state index in [1.54, 1.807) is 0 Å². The molecule has 0 radical (unpaired) electrons. The van der Waals surface area contributed by atoms with Gasteiger partial charge in [0.15, 0.2) is 0 Å². The van der Waals surface area contributed by atoms with Crippen LogP contribution in [0.2, 0.25) is 0 Å². The molecular formula is C11H14. The molecule has 0 atom stereocenters. The van der Waals surface area contributed by atoms with Gasteiger partial charge in [-0.3, -0.25) is 0 Å². The van der Waals surface area contributed by atoms with Gasteiger partial charge in [-0.1, -0.05) is 35.9 Å². The highest BCUT2D eigenvalue weighted by atomic mass is 14.0. The topological polar surface area (TPSA) is 0 Å². The largest absolute Gasteiger partial charge is 0.103 e. The van der Waals surface area contributed by atoms with Crippen LogP contribution in [-0.4, -0.2) is 0 Å². The zero-order valence-electron chi connectivity index (χ0n) is 7.01. The molecule has 0 heteroatoms. The molecule has 0 aromatic heterocycles. The van der Waals surface area contributed by atoms with Crippen LogP contribution in [0.1, 0.15) is 17.5 Å². The van der Waals surface area contributed by atoms with Crippen LogP contribution in [0.15, 0.2) is 36.9 Å². The number of hydrogen-bond donors (Lipinski definition) is 0. The highest BCUT2D eigenvalue weighted by Crippen LogP contribution is 2.06. The fourth-order valence-electron chi connectivity index (χ4n) is 1.14. The second kappa shape index (κ2) is 3.97. The zero-order valence-corrected chi connectivity index (χ0v) is 7.01. The Morgan fingerprint density at radius 3 is 2.91 bits per heavy atom. The lowest BCUT2D eigenvalue weighted by atomic mass is 10.1. The first-order chi connectivity index (χ1) is 5.33. The van der Waals surface area contributed by atoms with Gasteiger partial charge in [0.2, 0.25) is 0 Å². The van der Waals surface area contributed by atoms with Gasteiger partial charge in [0.05, 0.1) is 0 Å². The van der Waals surface area contributed by atoms with Crippen molar-refractivity contribution in [2.75, 3.05) is 0 Å². The molecule has 0 N–H and O–H groups in total. The van der Waals surface area contributed by atoms with Crippen LogP contribution in [0.4, 0.5) is 0 Å². The van der Waals surface area contributed by atoms with E-state index in [1.807, 2.05) is 6.08 Å². The molecule has 0 aliphatic rings. The lowest BCUT2D eigenvalue weighted by molar-refractivity contribution is 1.00. The van der Waals surface area contributed by atoms with E-state index in [9.17, 15) is 0 Å². The normalized spacial score (nSPS) is 9.55. The summed E-state index contributed by atoms with van der Waals surface area (Å²) >= 11 is 0. The number of allylic oxidation sites excluding steroid dienone is 1. The van der Waals surface area contributed by atoms with Crippen molar-refractivity contribution in [1.29, 1.82) is 0 Å². The molecule has 0 bridgehead atoms. The highest BCUT2D eigenvalue weighted by molar-refractivity contribution is 5.22. The average molecular weight is 146 g/mol. The fourth-order valence-corrected chi connectivity index (χ4v) is 1.14. The number of rotatable bonds is 3. The summed E-state index contributed by atoms with van der Waals surface area (Å²) in [6.45, 7) is 5.82. The molecule has 0 spiro atoms. The third-order valence-corrected chi connectivity index (χ3v) is 1.72. The van der Waals surface area contributed by atoms with Gasteiger partial charge in [-0.25, -0.2) is 0 Å². The van der Waals surface area contributed by atoms with E-state index >= 15 is 0 Å². The molecule has 0 heterocycles. The van der Waals surface area contributed by atoms with Crippen molar-refractivity contribution in [1.82, 2.24) is 0 Å².